The Kier molecular flexibility index (Phi) is 2.52. The third kappa shape index (κ3) is 1.26. The first kappa shape index (κ1) is 9.97. The minimum atomic E-state index is -2.16. The van der Waals surface area contributed by atoms with E-state index < -0.39 is 13.3 Å². The van der Waals surface area contributed by atoms with Gasteiger partial charge in [-0.3, -0.25) is 0 Å². The quantitative estimate of drug-likeness (QED) is 0.736. The van der Waals surface area contributed by atoms with Gasteiger partial charge in [-0.1, -0.05) is 0 Å². The van der Waals surface area contributed by atoms with Gasteiger partial charge < -0.3 is 0 Å². The molecule has 0 atom stereocenters. The van der Waals surface area contributed by atoms with E-state index in [0.717, 1.165) is 21.3 Å². The zero-order valence-corrected chi connectivity index (χ0v) is 10.9. The molecule has 2 rings (SSSR count). The Hall–Kier alpha value is -0.567. The molecular weight excluding hydrogens is 233 g/mol. The fourth-order valence-corrected chi connectivity index (χ4v) is 10.1. The minimum absolute atomic E-state index is 0.547. The normalized spacial score (nSPS) is 18.3. The van der Waals surface area contributed by atoms with Crippen LogP contribution in [0.2, 0.25) is 10.5 Å². The summed E-state index contributed by atoms with van der Waals surface area (Å²) in [7, 11) is 0. The second kappa shape index (κ2) is 3.54. The molecular formula is C12H16GeO. The van der Waals surface area contributed by atoms with E-state index in [1.807, 2.05) is 12.1 Å². The molecule has 1 aliphatic heterocycles. The van der Waals surface area contributed by atoms with Crippen LogP contribution >= 0.6 is 0 Å². The molecule has 0 N–H and O–H groups in total. The maximum atomic E-state index is 12.3. The zero-order valence-electron chi connectivity index (χ0n) is 8.84. The summed E-state index contributed by atoms with van der Waals surface area (Å²) < 4.78 is 0.547. The SMILES string of the molecule is C[CH2][Ge]1([CH2]C)[CH2]c2ccccc2[C]1=O. The van der Waals surface area contributed by atoms with Gasteiger partial charge in [0.2, 0.25) is 0 Å². The molecule has 74 valence electrons. The van der Waals surface area contributed by atoms with Gasteiger partial charge in [0, 0.05) is 0 Å². The molecule has 0 amide bonds. The van der Waals surface area contributed by atoms with Gasteiger partial charge in [0.05, 0.1) is 0 Å². The van der Waals surface area contributed by atoms with Crippen LogP contribution < -0.4 is 0 Å². The van der Waals surface area contributed by atoms with E-state index >= 15 is 0 Å². The Labute approximate surface area is 87.9 Å². The Morgan fingerprint density at radius 2 is 1.86 bits per heavy atom. The van der Waals surface area contributed by atoms with Crippen molar-refractivity contribution in [2.75, 3.05) is 0 Å². The van der Waals surface area contributed by atoms with Crippen molar-refractivity contribution >= 4 is 17.9 Å². The number of carbonyl (C=O) groups excluding carboxylic acids is 1. The van der Waals surface area contributed by atoms with Crippen molar-refractivity contribution < 1.29 is 4.79 Å². The van der Waals surface area contributed by atoms with Gasteiger partial charge in [-0.15, -0.1) is 0 Å². The number of benzene rings is 1. The summed E-state index contributed by atoms with van der Waals surface area (Å²) in [5, 5.41) is 3.41. The molecule has 0 saturated heterocycles. The van der Waals surface area contributed by atoms with Crippen LogP contribution in [0, 0.1) is 0 Å². The Balaban J connectivity index is 2.47. The van der Waals surface area contributed by atoms with Crippen LogP contribution in [0.5, 0.6) is 0 Å². The molecule has 14 heavy (non-hydrogen) atoms. The number of fused-ring (bicyclic) bond motifs is 1. The molecule has 0 aromatic heterocycles. The number of hydrogen-bond donors (Lipinski definition) is 0. The summed E-state index contributed by atoms with van der Waals surface area (Å²) in [4.78, 5) is 12.3. The van der Waals surface area contributed by atoms with Gasteiger partial charge in [0.1, 0.15) is 0 Å². The van der Waals surface area contributed by atoms with Crippen LogP contribution in [0.25, 0.3) is 0 Å². The van der Waals surface area contributed by atoms with Crippen LogP contribution in [0.1, 0.15) is 29.8 Å². The molecule has 2 heteroatoms. The predicted molar refractivity (Wildman–Crippen MR) is 61.2 cm³/mol. The van der Waals surface area contributed by atoms with Crippen molar-refractivity contribution in [2.24, 2.45) is 0 Å². The van der Waals surface area contributed by atoms with Crippen LogP contribution in [-0.2, 0) is 5.25 Å². The first-order chi connectivity index (χ1) is 6.73. The molecule has 0 spiro atoms. The molecule has 1 heterocycles. The van der Waals surface area contributed by atoms with E-state index in [-0.39, 0.29) is 0 Å². The van der Waals surface area contributed by atoms with Gasteiger partial charge in [0.25, 0.3) is 0 Å². The summed E-state index contributed by atoms with van der Waals surface area (Å²) in [5.74, 6) is 0. The van der Waals surface area contributed by atoms with Gasteiger partial charge in [-0.2, -0.15) is 0 Å². The maximum absolute atomic E-state index is 12.3. The number of carbonyl (C=O) groups is 1. The molecule has 0 fully saturated rings. The van der Waals surface area contributed by atoms with E-state index in [1.165, 1.54) is 5.56 Å². The summed E-state index contributed by atoms with van der Waals surface area (Å²) in [5.41, 5.74) is 2.36. The van der Waals surface area contributed by atoms with E-state index in [4.69, 9.17) is 0 Å². The van der Waals surface area contributed by atoms with Crippen LogP contribution in [0.3, 0.4) is 0 Å². The third-order valence-electron chi connectivity index (χ3n) is 3.63. The molecule has 1 aromatic rings. The van der Waals surface area contributed by atoms with Crippen molar-refractivity contribution in [3.05, 3.63) is 35.4 Å². The first-order valence-electron chi connectivity index (χ1n) is 5.36. The van der Waals surface area contributed by atoms with Crippen LogP contribution in [0.4, 0.5) is 0 Å². The number of rotatable bonds is 2. The first-order valence-corrected chi connectivity index (χ1v) is 10.9. The topological polar surface area (TPSA) is 17.1 Å². The van der Waals surface area contributed by atoms with Crippen molar-refractivity contribution in [3.8, 4) is 0 Å². The van der Waals surface area contributed by atoms with Crippen molar-refractivity contribution in [1.29, 1.82) is 0 Å². The third-order valence-corrected chi connectivity index (χ3v) is 14.1. The monoisotopic (exact) mass is 250 g/mol. The summed E-state index contributed by atoms with van der Waals surface area (Å²) in [6.07, 6.45) is 0. The molecule has 0 bridgehead atoms. The summed E-state index contributed by atoms with van der Waals surface area (Å²) in [6.45, 7) is 4.40. The second-order valence-electron chi connectivity index (χ2n) is 4.15. The Bertz CT molecular complexity index is 366. The zero-order chi connectivity index (χ0) is 10.2. The van der Waals surface area contributed by atoms with Gasteiger partial charge in [-0.25, -0.2) is 0 Å². The molecule has 0 saturated carbocycles. The second-order valence-corrected chi connectivity index (χ2v) is 14.2. The summed E-state index contributed by atoms with van der Waals surface area (Å²) >= 11 is -2.16. The van der Waals surface area contributed by atoms with Crippen molar-refractivity contribution in [3.63, 3.8) is 0 Å². The summed E-state index contributed by atoms with van der Waals surface area (Å²) in [6, 6.07) is 8.18. The Morgan fingerprint density at radius 1 is 1.21 bits per heavy atom. The molecule has 0 radical (unpaired) electrons. The average Bonchev–Trinajstić information content (AvgIpc) is 2.53. The Morgan fingerprint density at radius 3 is 2.43 bits per heavy atom. The van der Waals surface area contributed by atoms with Gasteiger partial charge in [0.15, 0.2) is 0 Å². The predicted octanol–water partition coefficient (Wildman–Crippen LogP) is 2.99. The van der Waals surface area contributed by atoms with Crippen molar-refractivity contribution in [1.82, 2.24) is 0 Å². The number of hydrogen-bond acceptors (Lipinski definition) is 1. The average molecular weight is 249 g/mol. The van der Waals surface area contributed by atoms with E-state index in [1.54, 1.807) is 0 Å². The van der Waals surface area contributed by atoms with E-state index in [2.05, 4.69) is 26.0 Å². The molecule has 0 unspecified atom stereocenters. The molecule has 1 aromatic carbocycles. The molecule has 1 nitrogen and oxygen atoms in total. The standard InChI is InChI=1S/C12H16GeO/c1-3-13(4-2)9-10-7-5-6-8-11(10)12(13)14/h5-8H,3-4,9H2,1-2H3. The fraction of sp³-hybridized carbons (Fsp3) is 0.417. The van der Waals surface area contributed by atoms with Crippen LogP contribution in [0.15, 0.2) is 24.3 Å². The van der Waals surface area contributed by atoms with Crippen molar-refractivity contribution in [2.45, 2.75) is 29.6 Å². The van der Waals surface area contributed by atoms with E-state index in [9.17, 15) is 4.79 Å². The fourth-order valence-electron chi connectivity index (χ4n) is 2.45. The van der Waals surface area contributed by atoms with Gasteiger partial charge >= 0.3 is 87.7 Å². The molecule has 1 aliphatic rings. The van der Waals surface area contributed by atoms with Crippen LogP contribution in [-0.4, -0.2) is 17.9 Å². The van der Waals surface area contributed by atoms with E-state index in [0.29, 0.717) is 4.62 Å². The molecule has 0 aliphatic carbocycles. The van der Waals surface area contributed by atoms with Gasteiger partial charge in [-0.05, 0) is 0 Å².